The summed E-state index contributed by atoms with van der Waals surface area (Å²) in [6.07, 6.45) is 7.35. The van der Waals surface area contributed by atoms with Crippen LogP contribution in [-0.2, 0) is 0 Å². The summed E-state index contributed by atoms with van der Waals surface area (Å²) in [5, 5.41) is 12.1. The highest BCUT2D eigenvalue weighted by Gasteiger charge is 2.26. The fourth-order valence-electron chi connectivity index (χ4n) is 4.04. The second-order valence-electron chi connectivity index (χ2n) is 8.84. The molecule has 0 bridgehead atoms. The van der Waals surface area contributed by atoms with Gasteiger partial charge in [-0.05, 0) is 86.1 Å². The first-order valence-corrected chi connectivity index (χ1v) is 10.6. The molecule has 2 aromatic rings. The number of allylic oxidation sites excluding steroid dienone is 5. The van der Waals surface area contributed by atoms with Crippen LogP contribution in [0.1, 0.15) is 62.9 Å². The number of anilines is 1. The van der Waals surface area contributed by atoms with Crippen molar-refractivity contribution in [1.29, 1.82) is 0 Å². The van der Waals surface area contributed by atoms with Crippen molar-refractivity contribution in [3.8, 4) is 5.75 Å². The van der Waals surface area contributed by atoms with E-state index in [4.69, 9.17) is 0 Å². The van der Waals surface area contributed by atoms with Crippen molar-refractivity contribution < 1.29 is 14.3 Å². The molecule has 3 nitrogen and oxygen atoms in total. The molecule has 0 atom stereocenters. The molecule has 0 fully saturated rings. The molecule has 162 valence electrons. The van der Waals surface area contributed by atoms with Crippen LogP contribution in [0, 0.1) is 5.41 Å². The summed E-state index contributed by atoms with van der Waals surface area (Å²) in [5.74, 6) is -0.457. The number of benzene rings is 2. The van der Waals surface area contributed by atoms with E-state index in [9.17, 15) is 14.3 Å². The Balaban J connectivity index is 1.74. The van der Waals surface area contributed by atoms with Crippen LogP contribution in [0.4, 0.5) is 10.1 Å². The molecule has 0 radical (unpaired) electrons. The lowest BCUT2D eigenvalue weighted by Crippen LogP contribution is -2.19. The van der Waals surface area contributed by atoms with E-state index in [1.165, 1.54) is 29.7 Å². The largest absolute Gasteiger partial charge is 0.508 e. The number of hydrogen-bond acceptors (Lipinski definition) is 2. The summed E-state index contributed by atoms with van der Waals surface area (Å²) in [7, 11) is 0. The Labute approximate surface area is 184 Å². The lowest BCUT2D eigenvalue weighted by molar-refractivity contribution is 0.102. The van der Waals surface area contributed by atoms with Crippen molar-refractivity contribution in [3.63, 3.8) is 0 Å². The number of carbonyl (C=O) groups is 1. The summed E-state index contributed by atoms with van der Waals surface area (Å²) in [4.78, 5) is 12.4. The number of phenols is 1. The van der Waals surface area contributed by atoms with Crippen molar-refractivity contribution in [2.45, 2.75) is 47.0 Å². The van der Waals surface area contributed by atoms with Gasteiger partial charge in [-0.25, -0.2) is 4.39 Å². The third-order valence-electron chi connectivity index (χ3n) is 5.91. The minimum atomic E-state index is -0.298. The Hall–Kier alpha value is -3.14. The van der Waals surface area contributed by atoms with Crippen molar-refractivity contribution in [2.75, 3.05) is 5.32 Å². The van der Waals surface area contributed by atoms with Crippen LogP contribution >= 0.6 is 0 Å². The Morgan fingerprint density at radius 2 is 1.68 bits per heavy atom. The van der Waals surface area contributed by atoms with E-state index in [1.54, 1.807) is 43.3 Å². The van der Waals surface area contributed by atoms with Gasteiger partial charge in [-0.2, -0.15) is 0 Å². The Bertz CT molecular complexity index is 1040. The van der Waals surface area contributed by atoms with Gasteiger partial charge in [0.2, 0.25) is 0 Å². The van der Waals surface area contributed by atoms with Gasteiger partial charge in [-0.3, -0.25) is 4.79 Å². The quantitative estimate of drug-likeness (QED) is 0.391. The topological polar surface area (TPSA) is 49.3 Å². The highest BCUT2D eigenvalue weighted by atomic mass is 19.1. The summed E-state index contributed by atoms with van der Waals surface area (Å²) in [6.45, 7) is 8.42. The van der Waals surface area contributed by atoms with E-state index in [-0.39, 0.29) is 22.9 Å². The molecule has 31 heavy (non-hydrogen) atoms. The Morgan fingerprint density at radius 3 is 2.29 bits per heavy atom. The second kappa shape index (κ2) is 9.34. The number of phenolic OH excluding ortho intramolecular Hbond substituents is 1. The highest BCUT2D eigenvalue weighted by molar-refractivity contribution is 6.04. The van der Waals surface area contributed by atoms with Gasteiger partial charge in [-0.1, -0.05) is 43.7 Å². The monoisotopic (exact) mass is 419 g/mol. The standard InChI is InChI=1S/C27H30FNO2/c1-18-6-5-17-27(3,4)24(18)16-7-19(2)25(28)20-8-10-21(11-9-20)26(31)29-22-12-14-23(30)15-13-22/h7-16,30H,5-6,17H2,1-4H3,(H,29,31). The molecule has 0 heterocycles. The number of nitrogens with one attached hydrogen (secondary N) is 1. The molecule has 0 spiro atoms. The molecule has 0 aromatic heterocycles. The third-order valence-corrected chi connectivity index (χ3v) is 5.91. The predicted molar refractivity (Wildman–Crippen MR) is 126 cm³/mol. The third kappa shape index (κ3) is 5.52. The van der Waals surface area contributed by atoms with Crippen LogP contribution in [0.2, 0.25) is 0 Å². The number of halogens is 1. The Kier molecular flexibility index (Phi) is 6.79. The maximum atomic E-state index is 15.0. The fraction of sp³-hybridized carbons (Fsp3) is 0.296. The molecule has 1 aliphatic carbocycles. The molecule has 2 N–H and O–H groups in total. The van der Waals surface area contributed by atoms with Crippen LogP contribution in [0.25, 0.3) is 5.83 Å². The second-order valence-corrected chi connectivity index (χ2v) is 8.84. The van der Waals surface area contributed by atoms with Gasteiger partial charge >= 0.3 is 0 Å². The fourth-order valence-corrected chi connectivity index (χ4v) is 4.04. The van der Waals surface area contributed by atoms with E-state index in [1.807, 2.05) is 6.08 Å². The van der Waals surface area contributed by atoms with E-state index in [0.29, 0.717) is 22.4 Å². The van der Waals surface area contributed by atoms with Gasteiger partial charge in [0.15, 0.2) is 0 Å². The zero-order valence-corrected chi connectivity index (χ0v) is 18.6. The molecular weight excluding hydrogens is 389 g/mol. The number of aromatic hydroxyl groups is 1. The molecule has 1 amide bonds. The zero-order valence-electron chi connectivity index (χ0n) is 18.6. The smallest absolute Gasteiger partial charge is 0.255 e. The first-order chi connectivity index (χ1) is 14.7. The molecule has 3 rings (SSSR count). The molecule has 0 saturated heterocycles. The lowest BCUT2D eigenvalue weighted by Gasteiger charge is -2.33. The number of carbonyl (C=O) groups excluding carboxylic acids is 1. The van der Waals surface area contributed by atoms with E-state index in [2.05, 4.69) is 32.2 Å². The molecule has 0 saturated carbocycles. The average Bonchev–Trinajstić information content (AvgIpc) is 2.74. The minimum Gasteiger partial charge on any atom is -0.508 e. The first kappa shape index (κ1) is 22.5. The average molecular weight is 420 g/mol. The molecule has 0 aliphatic heterocycles. The van der Waals surface area contributed by atoms with E-state index in [0.717, 1.165) is 12.8 Å². The van der Waals surface area contributed by atoms with Crippen LogP contribution in [-0.4, -0.2) is 11.0 Å². The normalized spacial score (nSPS) is 16.9. The van der Waals surface area contributed by atoms with E-state index >= 15 is 0 Å². The van der Waals surface area contributed by atoms with Crippen molar-refractivity contribution >= 4 is 17.4 Å². The van der Waals surface area contributed by atoms with Gasteiger partial charge in [0, 0.05) is 16.8 Å². The molecule has 0 unspecified atom stereocenters. The van der Waals surface area contributed by atoms with E-state index < -0.39 is 0 Å². The van der Waals surface area contributed by atoms with Crippen LogP contribution in [0.3, 0.4) is 0 Å². The summed E-state index contributed by atoms with van der Waals surface area (Å²) in [5.41, 5.74) is 4.80. The minimum absolute atomic E-state index is 0.113. The van der Waals surface area contributed by atoms with Crippen LogP contribution in [0.5, 0.6) is 5.75 Å². The summed E-state index contributed by atoms with van der Waals surface area (Å²) in [6, 6.07) is 12.7. The first-order valence-electron chi connectivity index (χ1n) is 10.6. The number of amides is 1. The van der Waals surface area contributed by atoms with Gasteiger partial charge in [0.05, 0.1) is 0 Å². The maximum absolute atomic E-state index is 15.0. The number of rotatable bonds is 5. The lowest BCUT2D eigenvalue weighted by atomic mass is 9.72. The van der Waals surface area contributed by atoms with Gasteiger partial charge in [0.25, 0.3) is 5.91 Å². The Morgan fingerprint density at radius 1 is 1.06 bits per heavy atom. The predicted octanol–water partition coefficient (Wildman–Crippen LogP) is 7.43. The van der Waals surface area contributed by atoms with Crippen molar-refractivity contribution in [2.24, 2.45) is 5.41 Å². The van der Waals surface area contributed by atoms with Gasteiger partial charge < -0.3 is 10.4 Å². The number of hydrogen-bond donors (Lipinski definition) is 2. The SMILES string of the molecule is CC(C=CC1=C(C)CCCC1(C)C)=C(F)c1ccc(C(=O)Nc2ccc(O)cc2)cc1. The van der Waals surface area contributed by atoms with Gasteiger partial charge in [0.1, 0.15) is 11.6 Å². The van der Waals surface area contributed by atoms with Crippen LogP contribution in [0.15, 0.2) is 77.4 Å². The zero-order chi connectivity index (χ0) is 22.6. The maximum Gasteiger partial charge on any atom is 0.255 e. The molecule has 4 heteroatoms. The molecular formula is C27H30FNO2. The molecule has 2 aromatic carbocycles. The highest BCUT2D eigenvalue weighted by Crippen LogP contribution is 2.41. The summed E-state index contributed by atoms with van der Waals surface area (Å²) >= 11 is 0. The van der Waals surface area contributed by atoms with Crippen LogP contribution < -0.4 is 5.32 Å². The van der Waals surface area contributed by atoms with Gasteiger partial charge in [-0.15, -0.1) is 0 Å². The molecule has 1 aliphatic rings. The van der Waals surface area contributed by atoms with Crippen molar-refractivity contribution in [3.05, 3.63) is 88.5 Å². The summed E-state index contributed by atoms with van der Waals surface area (Å²) < 4.78 is 15.0. The van der Waals surface area contributed by atoms with Crippen molar-refractivity contribution in [1.82, 2.24) is 0 Å².